The van der Waals surface area contributed by atoms with E-state index in [1.165, 1.54) is 39.5 Å². The van der Waals surface area contributed by atoms with Gasteiger partial charge in [0.25, 0.3) is 5.91 Å². The van der Waals surface area contributed by atoms with Crippen molar-refractivity contribution in [2.75, 3.05) is 26.6 Å². The summed E-state index contributed by atoms with van der Waals surface area (Å²) < 4.78 is 15.6. The Balaban J connectivity index is 1.82. The zero-order valence-corrected chi connectivity index (χ0v) is 20.7. The molecule has 3 amide bonds. The summed E-state index contributed by atoms with van der Waals surface area (Å²) >= 11 is 16.8. The number of anilines is 1. The Kier molecular flexibility index (Phi) is 10.2. The first kappa shape index (κ1) is 27.0. The van der Waals surface area contributed by atoms with Crippen molar-refractivity contribution in [1.82, 2.24) is 16.2 Å². The van der Waals surface area contributed by atoms with Crippen molar-refractivity contribution in [3.63, 3.8) is 0 Å². The van der Waals surface area contributed by atoms with Crippen molar-refractivity contribution in [1.29, 1.82) is 0 Å². The number of thiocarbonyl (C=S) groups is 1. The molecule has 34 heavy (non-hydrogen) atoms. The monoisotopic (exact) mass is 528 g/mol. The average molecular weight is 529 g/mol. The van der Waals surface area contributed by atoms with E-state index in [-0.39, 0.29) is 40.0 Å². The molecule has 0 atom stereocenters. The van der Waals surface area contributed by atoms with Gasteiger partial charge in [0.15, 0.2) is 16.6 Å². The Morgan fingerprint density at radius 3 is 2.06 bits per heavy atom. The zero-order valence-electron chi connectivity index (χ0n) is 18.4. The standard InChI is InChI=1S/C21H22Cl2N4O6S/c1-31-15-8-11(9-16(32-2)19(15)33-3)20(30)25-21(34)27-26-18(29)7-6-17(28)24-14-5-4-12(22)10-13(14)23/h4-5,8-10H,6-7H2,1-3H3,(H,24,28)(H,26,29)(H2,25,27,30,34). The minimum Gasteiger partial charge on any atom is -0.493 e. The van der Waals surface area contributed by atoms with E-state index in [1.54, 1.807) is 12.1 Å². The average Bonchev–Trinajstić information content (AvgIpc) is 2.82. The fourth-order valence-electron chi connectivity index (χ4n) is 2.64. The van der Waals surface area contributed by atoms with Crippen LogP contribution in [0.4, 0.5) is 5.69 Å². The summed E-state index contributed by atoms with van der Waals surface area (Å²) in [4.78, 5) is 36.5. The number of nitrogens with one attached hydrogen (secondary N) is 4. The van der Waals surface area contributed by atoms with Gasteiger partial charge in [-0.05, 0) is 42.5 Å². The van der Waals surface area contributed by atoms with E-state index >= 15 is 0 Å². The van der Waals surface area contributed by atoms with E-state index in [0.29, 0.717) is 16.5 Å². The van der Waals surface area contributed by atoms with Gasteiger partial charge in [-0.1, -0.05) is 23.2 Å². The molecule has 0 saturated heterocycles. The number of halogens is 2. The van der Waals surface area contributed by atoms with Gasteiger partial charge in [0, 0.05) is 23.4 Å². The van der Waals surface area contributed by atoms with Gasteiger partial charge in [0.2, 0.25) is 17.6 Å². The summed E-state index contributed by atoms with van der Waals surface area (Å²) in [5.41, 5.74) is 5.26. The lowest BCUT2D eigenvalue weighted by atomic mass is 10.1. The Labute approximate surface area is 211 Å². The largest absolute Gasteiger partial charge is 0.493 e. The van der Waals surface area contributed by atoms with Crippen LogP contribution < -0.4 is 35.7 Å². The maximum absolute atomic E-state index is 12.5. The highest BCUT2D eigenvalue weighted by molar-refractivity contribution is 7.80. The molecule has 0 aliphatic heterocycles. The van der Waals surface area contributed by atoms with Crippen LogP contribution >= 0.6 is 35.4 Å². The molecule has 2 rings (SSSR count). The van der Waals surface area contributed by atoms with Gasteiger partial charge in [-0.3, -0.25) is 30.6 Å². The molecule has 0 heterocycles. The van der Waals surface area contributed by atoms with Gasteiger partial charge in [-0.25, -0.2) is 0 Å². The zero-order chi connectivity index (χ0) is 25.3. The number of amides is 3. The Morgan fingerprint density at radius 1 is 0.882 bits per heavy atom. The summed E-state index contributed by atoms with van der Waals surface area (Å²) in [5.74, 6) is -0.615. The van der Waals surface area contributed by atoms with Crippen molar-refractivity contribution >= 4 is 63.9 Å². The van der Waals surface area contributed by atoms with E-state index in [1.807, 2.05) is 0 Å². The molecule has 0 unspecified atom stereocenters. The smallest absolute Gasteiger partial charge is 0.257 e. The Hall–Kier alpha value is -3.28. The Morgan fingerprint density at radius 2 is 1.50 bits per heavy atom. The van der Waals surface area contributed by atoms with Gasteiger partial charge in [-0.15, -0.1) is 0 Å². The van der Waals surface area contributed by atoms with Crippen LogP contribution in [0.25, 0.3) is 0 Å². The highest BCUT2D eigenvalue weighted by Gasteiger charge is 2.18. The second-order valence-electron chi connectivity index (χ2n) is 6.54. The molecule has 0 aliphatic carbocycles. The van der Waals surface area contributed by atoms with E-state index < -0.39 is 17.7 Å². The van der Waals surface area contributed by atoms with Crippen LogP contribution in [0, 0.1) is 0 Å². The molecule has 2 aromatic rings. The molecule has 0 radical (unpaired) electrons. The van der Waals surface area contributed by atoms with Crippen molar-refractivity contribution in [3.8, 4) is 17.2 Å². The first-order chi connectivity index (χ1) is 16.2. The molecule has 0 saturated carbocycles. The van der Waals surface area contributed by atoms with E-state index in [4.69, 9.17) is 49.6 Å². The van der Waals surface area contributed by atoms with Gasteiger partial charge in [0.1, 0.15) is 0 Å². The van der Waals surface area contributed by atoms with Gasteiger partial charge < -0.3 is 19.5 Å². The second kappa shape index (κ2) is 12.8. The third-order valence-corrected chi connectivity index (χ3v) is 5.01. The first-order valence-corrected chi connectivity index (χ1v) is 10.8. The van der Waals surface area contributed by atoms with E-state index in [9.17, 15) is 14.4 Å². The molecule has 0 spiro atoms. The lowest BCUT2D eigenvalue weighted by Crippen LogP contribution is -2.48. The topological polar surface area (TPSA) is 127 Å². The highest BCUT2D eigenvalue weighted by atomic mass is 35.5. The number of carbonyl (C=O) groups is 3. The normalized spacial score (nSPS) is 10.0. The summed E-state index contributed by atoms with van der Waals surface area (Å²) in [7, 11) is 4.29. The number of hydrogen-bond donors (Lipinski definition) is 4. The number of hydrazine groups is 1. The van der Waals surface area contributed by atoms with Crippen LogP contribution in [0.5, 0.6) is 17.2 Å². The molecule has 13 heteroatoms. The van der Waals surface area contributed by atoms with Crippen LogP contribution in [-0.4, -0.2) is 44.2 Å². The predicted octanol–water partition coefficient (Wildman–Crippen LogP) is 3.07. The van der Waals surface area contributed by atoms with E-state index in [2.05, 4.69) is 21.5 Å². The number of methoxy groups -OCH3 is 3. The number of carbonyl (C=O) groups excluding carboxylic acids is 3. The minimum absolute atomic E-state index is 0.114. The van der Waals surface area contributed by atoms with Crippen LogP contribution in [0.15, 0.2) is 30.3 Å². The number of ether oxygens (including phenoxy) is 3. The molecule has 0 aliphatic rings. The lowest BCUT2D eigenvalue weighted by molar-refractivity contribution is -0.124. The summed E-state index contributed by atoms with van der Waals surface area (Å²) in [6.07, 6.45) is -0.259. The molecule has 0 fully saturated rings. The molecule has 10 nitrogen and oxygen atoms in total. The SMILES string of the molecule is COc1cc(C(=O)NC(=S)NNC(=O)CCC(=O)Nc2ccc(Cl)cc2Cl)cc(OC)c1OC. The van der Waals surface area contributed by atoms with E-state index in [0.717, 1.165) is 0 Å². The predicted molar refractivity (Wildman–Crippen MR) is 132 cm³/mol. The Bertz CT molecular complexity index is 1070. The van der Waals surface area contributed by atoms with Crippen LogP contribution in [-0.2, 0) is 9.59 Å². The number of hydrogen-bond acceptors (Lipinski definition) is 7. The van der Waals surface area contributed by atoms with Crippen molar-refractivity contribution in [3.05, 3.63) is 45.9 Å². The third kappa shape index (κ3) is 7.65. The quantitative estimate of drug-likeness (QED) is 0.304. The molecule has 0 bridgehead atoms. The van der Waals surface area contributed by atoms with Gasteiger partial charge in [-0.2, -0.15) is 0 Å². The van der Waals surface area contributed by atoms with Crippen molar-refractivity contribution in [2.24, 2.45) is 0 Å². The third-order valence-electron chi connectivity index (χ3n) is 4.25. The molecule has 2 aromatic carbocycles. The number of benzene rings is 2. The van der Waals surface area contributed by atoms with Crippen molar-refractivity contribution in [2.45, 2.75) is 12.8 Å². The van der Waals surface area contributed by atoms with Gasteiger partial charge in [0.05, 0.1) is 32.0 Å². The maximum atomic E-state index is 12.5. The number of rotatable bonds is 8. The van der Waals surface area contributed by atoms with Gasteiger partial charge >= 0.3 is 0 Å². The summed E-state index contributed by atoms with van der Waals surface area (Å²) in [6.45, 7) is 0. The lowest BCUT2D eigenvalue weighted by Gasteiger charge is -2.15. The summed E-state index contributed by atoms with van der Waals surface area (Å²) in [6, 6.07) is 7.52. The second-order valence-corrected chi connectivity index (χ2v) is 7.79. The molecular formula is C21H22Cl2N4O6S. The van der Waals surface area contributed by atoms with Crippen molar-refractivity contribution < 1.29 is 28.6 Å². The fraction of sp³-hybridized carbons (Fsp3) is 0.238. The first-order valence-electron chi connectivity index (χ1n) is 9.63. The fourth-order valence-corrected chi connectivity index (χ4v) is 3.24. The highest BCUT2D eigenvalue weighted by Crippen LogP contribution is 2.38. The molecule has 4 N–H and O–H groups in total. The van der Waals surface area contributed by atoms with Crippen LogP contribution in [0.1, 0.15) is 23.2 Å². The minimum atomic E-state index is -0.578. The van der Waals surface area contributed by atoms with Crippen LogP contribution in [0.3, 0.4) is 0 Å². The molecule has 0 aromatic heterocycles. The summed E-state index contributed by atoms with van der Waals surface area (Å²) in [5, 5.41) is 5.54. The molecule has 182 valence electrons. The maximum Gasteiger partial charge on any atom is 0.257 e. The van der Waals surface area contributed by atoms with Crippen LogP contribution in [0.2, 0.25) is 10.0 Å². The molecular weight excluding hydrogens is 507 g/mol.